The molecule has 4 heteroatoms. The molecule has 0 N–H and O–H groups in total. The molecule has 0 aromatic heterocycles. The average Bonchev–Trinajstić information content (AvgIpc) is 2.48. The summed E-state index contributed by atoms with van der Waals surface area (Å²) in [5.41, 5.74) is 1.39. The van der Waals surface area contributed by atoms with Crippen LogP contribution in [-0.2, 0) is 16.0 Å². The van der Waals surface area contributed by atoms with E-state index in [9.17, 15) is 9.18 Å². The Morgan fingerprint density at radius 2 is 2.05 bits per heavy atom. The Bertz CT molecular complexity index is 474. The van der Waals surface area contributed by atoms with Crippen LogP contribution >= 0.6 is 0 Å². The number of carbonyl (C=O) groups excluding carboxylic acids is 1. The normalized spacial score (nSPS) is 10.8. The first kappa shape index (κ1) is 18.5. The summed E-state index contributed by atoms with van der Waals surface area (Å²) in [5, 5.41) is 0. The average molecular weight is 309 g/mol. The van der Waals surface area contributed by atoms with E-state index in [1.54, 1.807) is 0 Å². The van der Waals surface area contributed by atoms with Gasteiger partial charge >= 0.3 is 5.97 Å². The lowest BCUT2D eigenvalue weighted by molar-refractivity contribution is -0.147. The first-order chi connectivity index (χ1) is 10.5. The van der Waals surface area contributed by atoms with Crippen LogP contribution in [0, 0.1) is 11.7 Å². The summed E-state index contributed by atoms with van der Waals surface area (Å²) in [4.78, 5) is 13.3. The maximum atomic E-state index is 14.5. The molecule has 1 rings (SSSR count). The molecule has 0 unspecified atom stereocenters. The van der Waals surface area contributed by atoms with Gasteiger partial charge in [-0.15, -0.1) is 0 Å². The Morgan fingerprint density at radius 1 is 1.32 bits per heavy atom. The molecule has 0 aliphatic carbocycles. The second kappa shape index (κ2) is 9.44. The maximum Gasteiger partial charge on any atom is 0.308 e. The third-order valence-electron chi connectivity index (χ3n) is 3.58. The maximum absolute atomic E-state index is 14.5. The number of rotatable bonds is 9. The molecule has 1 aromatic rings. The van der Waals surface area contributed by atoms with Crippen molar-refractivity contribution in [1.82, 2.24) is 0 Å². The lowest BCUT2D eigenvalue weighted by Gasteiger charge is -2.20. The van der Waals surface area contributed by atoms with Gasteiger partial charge in [0.25, 0.3) is 0 Å². The van der Waals surface area contributed by atoms with Gasteiger partial charge in [-0.1, -0.05) is 32.9 Å². The molecule has 0 amide bonds. The predicted octanol–water partition coefficient (Wildman–Crippen LogP) is 4.19. The third kappa shape index (κ3) is 5.66. The van der Waals surface area contributed by atoms with Gasteiger partial charge in [0.05, 0.1) is 18.2 Å². The van der Waals surface area contributed by atoms with Crippen molar-refractivity contribution in [3.63, 3.8) is 0 Å². The second-order valence-corrected chi connectivity index (χ2v) is 5.95. The number of aryl methyl sites for hydroxylation is 1. The van der Waals surface area contributed by atoms with Crippen molar-refractivity contribution in [3.05, 3.63) is 29.6 Å². The van der Waals surface area contributed by atoms with Crippen molar-refractivity contribution in [3.8, 4) is 0 Å². The van der Waals surface area contributed by atoms with Gasteiger partial charge in [0.1, 0.15) is 5.82 Å². The Labute approximate surface area is 133 Å². The number of ether oxygens (including phenoxy) is 1. The van der Waals surface area contributed by atoms with Gasteiger partial charge in [-0.3, -0.25) is 4.79 Å². The minimum atomic E-state index is -0.172. The van der Waals surface area contributed by atoms with Crippen molar-refractivity contribution in [2.75, 3.05) is 25.1 Å². The topological polar surface area (TPSA) is 29.5 Å². The van der Waals surface area contributed by atoms with Crippen LogP contribution in [0.1, 0.15) is 45.6 Å². The number of unbranched alkanes of at least 4 members (excludes halogenated alkanes) is 1. The number of carbonyl (C=O) groups is 1. The number of anilines is 1. The number of hydrogen-bond donors (Lipinski definition) is 0. The second-order valence-electron chi connectivity index (χ2n) is 5.95. The number of esters is 1. The molecule has 1 aromatic carbocycles. The number of benzene rings is 1. The van der Waals surface area contributed by atoms with Gasteiger partial charge in [0.2, 0.25) is 0 Å². The molecule has 0 aliphatic rings. The van der Waals surface area contributed by atoms with E-state index >= 15 is 0 Å². The van der Waals surface area contributed by atoms with Gasteiger partial charge in [0.15, 0.2) is 0 Å². The SMILES string of the molecule is CCCN(C)c1cccc(CCCCOC(=O)C(C)C)c1F. The van der Waals surface area contributed by atoms with Crippen molar-refractivity contribution in [2.24, 2.45) is 5.92 Å². The van der Waals surface area contributed by atoms with Crippen LogP contribution in [0.4, 0.5) is 10.1 Å². The van der Waals surface area contributed by atoms with Crippen LogP contribution in [0.5, 0.6) is 0 Å². The molecule has 0 saturated carbocycles. The molecule has 0 bridgehead atoms. The molecule has 124 valence electrons. The van der Waals surface area contributed by atoms with E-state index in [2.05, 4.69) is 6.92 Å². The van der Waals surface area contributed by atoms with Crippen LogP contribution in [0.3, 0.4) is 0 Å². The molecule has 0 atom stereocenters. The summed E-state index contributed by atoms with van der Waals surface area (Å²) in [6, 6.07) is 5.55. The number of halogens is 1. The predicted molar refractivity (Wildman–Crippen MR) is 88.7 cm³/mol. The summed E-state index contributed by atoms with van der Waals surface area (Å²) < 4.78 is 19.6. The molecule has 3 nitrogen and oxygen atoms in total. The third-order valence-corrected chi connectivity index (χ3v) is 3.58. The minimum absolute atomic E-state index is 0.0942. The van der Waals surface area contributed by atoms with E-state index in [-0.39, 0.29) is 17.7 Å². The first-order valence-electron chi connectivity index (χ1n) is 8.12. The number of hydrogen-bond acceptors (Lipinski definition) is 3. The lowest BCUT2D eigenvalue weighted by atomic mass is 10.1. The van der Waals surface area contributed by atoms with Crippen molar-refractivity contribution >= 4 is 11.7 Å². The van der Waals surface area contributed by atoms with Crippen molar-refractivity contribution in [1.29, 1.82) is 0 Å². The highest BCUT2D eigenvalue weighted by atomic mass is 19.1. The quantitative estimate of drug-likeness (QED) is 0.506. The van der Waals surface area contributed by atoms with Gasteiger partial charge in [-0.25, -0.2) is 4.39 Å². The van der Waals surface area contributed by atoms with E-state index in [1.807, 2.05) is 44.0 Å². The fraction of sp³-hybridized carbons (Fsp3) is 0.611. The van der Waals surface area contributed by atoms with E-state index in [0.29, 0.717) is 18.7 Å². The van der Waals surface area contributed by atoms with Gasteiger partial charge in [-0.2, -0.15) is 0 Å². The van der Waals surface area contributed by atoms with Crippen molar-refractivity contribution < 1.29 is 13.9 Å². The summed E-state index contributed by atoms with van der Waals surface area (Å²) in [6.45, 7) is 6.96. The van der Waals surface area contributed by atoms with Crippen LogP contribution in [0.2, 0.25) is 0 Å². The molecule has 0 saturated heterocycles. The van der Waals surface area contributed by atoms with Gasteiger partial charge in [-0.05, 0) is 37.3 Å². The summed E-state index contributed by atoms with van der Waals surface area (Å²) in [5.74, 6) is -0.393. The number of nitrogens with zero attached hydrogens (tertiary/aromatic N) is 1. The smallest absolute Gasteiger partial charge is 0.308 e. The summed E-state index contributed by atoms with van der Waals surface area (Å²) >= 11 is 0. The zero-order chi connectivity index (χ0) is 16.5. The van der Waals surface area contributed by atoms with E-state index < -0.39 is 0 Å². The lowest BCUT2D eigenvalue weighted by Crippen LogP contribution is -2.19. The van der Waals surface area contributed by atoms with Crippen LogP contribution in [-0.4, -0.2) is 26.2 Å². The molecule has 0 fully saturated rings. The Balaban J connectivity index is 2.46. The molecular formula is C18H28FNO2. The fourth-order valence-corrected chi connectivity index (χ4v) is 2.27. The molecule has 0 spiro atoms. The van der Waals surface area contributed by atoms with Gasteiger partial charge in [0, 0.05) is 13.6 Å². The molecule has 0 aliphatic heterocycles. The largest absolute Gasteiger partial charge is 0.465 e. The summed E-state index contributed by atoms with van der Waals surface area (Å²) in [6.07, 6.45) is 3.22. The monoisotopic (exact) mass is 309 g/mol. The zero-order valence-electron chi connectivity index (χ0n) is 14.2. The van der Waals surface area contributed by atoms with E-state index in [4.69, 9.17) is 4.74 Å². The molecule has 22 heavy (non-hydrogen) atoms. The highest BCUT2D eigenvalue weighted by molar-refractivity contribution is 5.71. The molecular weight excluding hydrogens is 281 g/mol. The van der Waals surface area contributed by atoms with E-state index in [1.165, 1.54) is 0 Å². The Hall–Kier alpha value is -1.58. The van der Waals surface area contributed by atoms with E-state index in [0.717, 1.165) is 31.4 Å². The van der Waals surface area contributed by atoms with Crippen LogP contribution in [0.15, 0.2) is 18.2 Å². The van der Waals surface area contributed by atoms with Crippen molar-refractivity contribution in [2.45, 2.75) is 46.5 Å². The van der Waals surface area contributed by atoms with Crippen LogP contribution < -0.4 is 4.90 Å². The summed E-state index contributed by atoms with van der Waals surface area (Å²) in [7, 11) is 1.91. The zero-order valence-corrected chi connectivity index (χ0v) is 14.2. The Morgan fingerprint density at radius 3 is 2.68 bits per heavy atom. The molecule has 0 radical (unpaired) electrons. The minimum Gasteiger partial charge on any atom is -0.465 e. The van der Waals surface area contributed by atoms with Crippen LogP contribution in [0.25, 0.3) is 0 Å². The Kier molecular flexibility index (Phi) is 7.92. The highest BCUT2D eigenvalue weighted by Crippen LogP contribution is 2.22. The highest BCUT2D eigenvalue weighted by Gasteiger charge is 2.11. The first-order valence-corrected chi connectivity index (χ1v) is 8.12. The molecule has 0 heterocycles. The fourth-order valence-electron chi connectivity index (χ4n) is 2.27. The standard InChI is InChI=1S/C18H28FNO2/c1-5-12-20(4)16-11-8-10-15(17(16)19)9-6-7-13-22-18(21)14(2)3/h8,10-11,14H,5-7,9,12-13H2,1-4H3. The van der Waals surface area contributed by atoms with Gasteiger partial charge < -0.3 is 9.64 Å².